The van der Waals surface area contributed by atoms with Crippen molar-refractivity contribution in [2.24, 2.45) is 7.05 Å². The molecule has 3 nitrogen and oxygen atoms in total. The van der Waals surface area contributed by atoms with Crippen molar-refractivity contribution in [3.8, 4) is 11.1 Å². The zero-order valence-electron chi connectivity index (χ0n) is 12.1. The highest BCUT2D eigenvalue weighted by atomic mass is 79.9. The highest BCUT2D eigenvalue weighted by Gasteiger charge is 2.39. The Bertz CT molecular complexity index is 833. The van der Waals surface area contributed by atoms with Gasteiger partial charge in [0.25, 0.3) is 0 Å². The van der Waals surface area contributed by atoms with Gasteiger partial charge >= 0.3 is 12.1 Å². The number of carbonyl (C=O) groups excluding carboxylic acids is 1. The molecule has 0 saturated carbocycles. The topological polar surface area (TPSA) is 31.2 Å². The Morgan fingerprint density at radius 1 is 1.29 bits per heavy atom. The number of carbonyl (C=O) groups is 1. The third-order valence-corrected chi connectivity index (χ3v) is 5.28. The Morgan fingerprint density at radius 3 is 2.33 bits per heavy atom. The van der Waals surface area contributed by atoms with E-state index in [9.17, 15) is 22.4 Å². The Kier molecular flexibility index (Phi) is 5.37. The van der Waals surface area contributed by atoms with Crippen LogP contribution in [0.3, 0.4) is 0 Å². The SMILES string of the molecule is COC(=O)c1cc(-c2c(Br)c(C(F)(F)F)n(C)c2Br)c(F)cc1Cl. The van der Waals surface area contributed by atoms with Gasteiger partial charge in [0.15, 0.2) is 0 Å². The smallest absolute Gasteiger partial charge is 0.432 e. The first-order valence-electron chi connectivity index (χ1n) is 6.19. The van der Waals surface area contributed by atoms with Gasteiger partial charge < -0.3 is 9.30 Å². The van der Waals surface area contributed by atoms with Crippen molar-refractivity contribution in [3.05, 3.63) is 43.3 Å². The van der Waals surface area contributed by atoms with E-state index < -0.39 is 23.7 Å². The van der Waals surface area contributed by atoms with Crippen LogP contribution < -0.4 is 0 Å². The molecule has 0 aliphatic carbocycles. The number of ether oxygens (including phenoxy) is 1. The molecular formula is C14H8Br2ClF4NO2. The summed E-state index contributed by atoms with van der Waals surface area (Å²) in [5, 5.41) is -0.206. The maximum atomic E-state index is 14.3. The van der Waals surface area contributed by atoms with Gasteiger partial charge in [-0.2, -0.15) is 13.2 Å². The van der Waals surface area contributed by atoms with E-state index in [1.807, 2.05) is 0 Å². The minimum atomic E-state index is -4.66. The summed E-state index contributed by atoms with van der Waals surface area (Å²) in [6.45, 7) is 0. The summed E-state index contributed by atoms with van der Waals surface area (Å²) in [7, 11) is 2.29. The number of halogens is 7. The van der Waals surface area contributed by atoms with E-state index in [-0.39, 0.29) is 30.8 Å². The number of hydrogen-bond donors (Lipinski definition) is 0. The first-order chi connectivity index (χ1) is 11.0. The summed E-state index contributed by atoms with van der Waals surface area (Å²) in [6, 6.07) is 1.90. The summed E-state index contributed by atoms with van der Waals surface area (Å²) in [5.74, 6) is -1.71. The van der Waals surface area contributed by atoms with Gasteiger partial charge in [-0.3, -0.25) is 0 Å². The lowest BCUT2D eigenvalue weighted by atomic mass is 10.0. The second-order valence-electron chi connectivity index (χ2n) is 4.69. The minimum Gasteiger partial charge on any atom is -0.465 e. The van der Waals surface area contributed by atoms with Gasteiger partial charge in [0.2, 0.25) is 0 Å². The lowest BCUT2D eigenvalue weighted by molar-refractivity contribution is -0.143. The second kappa shape index (κ2) is 6.68. The lowest BCUT2D eigenvalue weighted by Gasteiger charge is -2.09. The maximum absolute atomic E-state index is 14.3. The number of esters is 1. The first kappa shape index (κ1) is 19.3. The van der Waals surface area contributed by atoms with E-state index in [0.717, 1.165) is 23.8 Å². The number of methoxy groups -OCH3 is 1. The number of nitrogens with zero attached hydrogens (tertiary/aromatic N) is 1. The van der Waals surface area contributed by atoms with Crippen LogP contribution in [0.5, 0.6) is 0 Å². The molecule has 0 radical (unpaired) electrons. The van der Waals surface area contributed by atoms with Crippen molar-refractivity contribution >= 4 is 49.4 Å². The quantitative estimate of drug-likeness (QED) is 0.390. The van der Waals surface area contributed by atoms with Gasteiger partial charge in [0.1, 0.15) is 11.5 Å². The van der Waals surface area contributed by atoms with Crippen LogP contribution in [-0.2, 0) is 18.0 Å². The molecule has 0 aliphatic heterocycles. The van der Waals surface area contributed by atoms with E-state index >= 15 is 0 Å². The van der Waals surface area contributed by atoms with Gasteiger partial charge in [-0.25, -0.2) is 9.18 Å². The van der Waals surface area contributed by atoms with Crippen molar-refractivity contribution < 1.29 is 27.1 Å². The van der Waals surface area contributed by atoms with Crippen LogP contribution in [0, 0.1) is 5.82 Å². The fraction of sp³-hybridized carbons (Fsp3) is 0.214. The predicted molar refractivity (Wildman–Crippen MR) is 87.6 cm³/mol. The molecule has 10 heteroatoms. The van der Waals surface area contributed by atoms with Crippen molar-refractivity contribution in [2.75, 3.05) is 7.11 Å². The highest BCUT2D eigenvalue weighted by molar-refractivity contribution is 9.11. The third-order valence-electron chi connectivity index (χ3n) is 3.26. The van der Waals surface area contributed by atoms with Crippen LogP contribution in [0.1, 0.15) is 16.1 Å². The average molecular weight is 493 g/mol. The lowest BCUT2D eigenvalue weighted by Crippen LogP contribution is -2.11. The minimum absolute atomic E-state index is 0.0151. The largest absolute Gasteiger partial charge is 0.465 e. The molecule has 2 aromatic rings. The second-order valence-corrected chi connectivity index (χ2v) is 6.64. The summed E-state index contributed by atoms with van der Waals surface area (Å²) in [6.07, 6.45) is -4.66. The summed E-state index contributed by atoms with van der Waals surface area (Å²) < 4.78 is 58.9. The fourth-order valence-electron chi connectivity index (χ4n) is 2.17. The van der Waals surface area contributed by atoms with E-state index in [1.54, 1.807) is 0 Å². The van der Waals surface area contributed by atoms with Crippen LogP contribution in [0.15, 0.2) is 21.2 Å². The van der Waals surface area contributed by atoms with Gasteiger partial charge in [0, 0.05) is 18.2 Å². The zero-order valence-corrected chi connectivity index (χ0v) is 16.0. The summed E-state index contributed by atoms with van der Waals surface area (Å²) in [4.78, 5) is 11.7. The molecule has 130 valence electrons. The number of aromatic nitrogens is 1. The van der Waals surface area contributed by atoms with Crippen LogP contribution in [0.25, 0.3) is 11.1 Å². The molecule has 0 fully saturated rings. The van der Waals surface area contributed by atoms with E-state index in [0.29, 0.717) is 0 Å². The van der Waals surface area contributed by atoms with E-state index in [2.05, 4.69) is 36.6 Å². The average Bonchev–Trinajstić information content (AvgIpc) is 2.69. The molecule has 1 heterocycles. The third kappa shape index (κ3) is 3.21. The molecule has 0 atom stereocenters. The van der Waals surface area contributed by atoms with Gasteiger partial charge in [-0.1, -0.05) is 11.6 Å². The molecule has 2 rings (SSSR count). The highest BCUT2D eigenvalue weighted by Crippen LogP contribution is 2.46. The molecule has 0 amide bonds. The van der Waals surface area contributed by atoms with Gasteiger partial charge in [-0.15, -0.1) is 0 Å². The molecule has 0 N–H and O–H groups in total. The molecule has 1 aromatic carbocycles. The summed E-state index contributed by atoms with van der Waals surface area (Å²) >= 11 is 11.7. The van der Waals surface area contributed by atoms with Crippen molar-refractivity contribution in [2.45, 2.75) is 6.18 Å². The predicted octanol–water partition coefficient (Wildman–Crippen LogP) is 5.82. The molecule has 0 bridgehead atoms. The van der Waals surface area contributed by atoms with Crippen LogP contribution in [0.4, 0.5) is 17.6 Å². The Labute approximate surface area is 155 Å². The van der Waals surface area contributed by atoms with E-state index in [4.69, 9.17) is 11.6 Å². The fourth-order valence-corrected chi connectivity index (χ4v) is 4.15. The number of hydrogen-bond acceptors (Lipinski definition) is 2. The summed E-state index contributed by atoms with van der Waals surface area (Å²) in [5.41, 5.74) is -1.49. The molecule has 24 heavy (non-hydrogen) atoms. The van der Waals surface area contributed by atoms with Crippen LogP contribution in [0.2, 0.25) is 5.02 Å². The number of rotatable bonds is 2. The Morgan fingerprint density at radius 2 is 1.88 bits per heavy atom. The standard InChI is InChI=1S/C14H8Br2ClF4NO2/c1-22-11(14(19,20)21)10(15)9(12(22)16)6-3-5(13(23)24-2)7(17)4-8(6)18/h3-4H,1-2H3. The Balaban J connectivity index is 2.81. The van der Waals surface area contributed by atoms with Crippen molar-refractivity contribution in [1.82, 2.24) is 4.57 Å². The first-order valence-corrected chi connectivity index (χ1v) is 8.15. The monoisotopic (exact) mass is 491 g/mol. The normalized spacial score (nSPS) is 11.7. The molecular weight excluding hydrogens is 485 g/mol. The van der Waals surface area contributed by atoms with E-state index in [1.165, 1.54) is 7.05 Å². The number of alkyl halides is 3. The van der Waals surface area contributed by atoms with Crippen LogP contribution in [-0.4, -0.2) is 17.6 Å². The van der Waals surface area contributed by atoms with Crippen LogP contribution >= 0.6 is 43.5 Å². The van der Waals surface area contributed by atoms with Crippen molar-refractivity contribution in [3.63, 3.8) is 0 Å². The Hall–Kier alpha value is -1.06. The van der Waals surface area contributed by atoms with Crippen molar-refractivity contribution in [1.29, 1.82) is 0 Å². The molecule has 0 spiro atoms. The molecule has 0 unspecified atom stereocenters. The molecule has 1 aromatic heterocycles. The maximum Gasteiger partial charge on any atom is 0.432 e. The molecule has 0 saturated heterocycles. The zero-order chi connectivity index (χ0) is 18.4. The number of benzene rings is 1. The molecule has 0 aliphatic rings. The van der Waals surface area contributed by atoms with Gasteiger partial charge in [0.05, 0.1) is 26.8 Å². The van der Waals surface area contributed by atoms with Gasteiger partial charge in [-0.05, 0) is 44.0 Å².